The van der Waals surface area contributed by atoms with Crippen LogP contribution in [0, 0.1) is 0 Å². The molecule has 1 saturated heterocycles. The highest BCUT2D eigenvalue weighted by Crippen LogP contribution is 2.22. The van der Waals surface area contributed by atoms with Gasteiger partial charge in [-0.05, 0) is 64.2 Å². The van der Waals surface area contributed by atoms with Crippen LogP contribution in [0.4, 0.5) is 0 Å². The van der Waals surface area contributed by atoms with E-state index >= 15 is 0 Å². The molecule has 10 nitrogen and oxygen atoms in total. The first-order chi connectivity index (χ1) is 27.8. The van der Waals surface area contributed by atoms with Gasteiger partial charge in [-0.1, -0.05) is 153 Å². The number of hydrogen-bond acceptors (Lipinski definition) is 10. The molecule has 0 aromatic heterocycles. The Morgan fingerprint density at radius 3 is 1.54 bits per heavy atom. The van der Waals surface area contributed by atoms with Crippen molar-refractivity contribution >= 4 is 11.9 Å². The van der Waals surface area contributed by atoms with Crippen molar-refractivity contribution in [3.05, 3.63) is 36.5 Å². The average Bonchev–Trinajstić information content (AvgIpc) is 3.21. The summed E-state index contributed by atoms with van der Waals surface area (Å²) in [5.74, 6) is -0.862. The zero-order valence-corrected chi connectivity index (χ0v) is 36.1. The number of carbonyl (C=O) groups excluding carboxylic acids is 2. The first-order valence-electron chi connectivity index (χ1n) is 23.1. The van der Waals surface area contributed by atoms with Gasteiger partial charge in [-0.3, -0.25) is 9.59 Å². The molecule has 0 spiro atoms. The van der Waals surface area contributed by atoms with Crippen molar-refractivity contribution in [2.24, 2.45) is 0 Å². The molecule has 57 heavy (non-hydrogen) atoms. The SMILES string of the molecule is CCCCCC/C=C/CCCCCCCCCC(=O)OC[C@H](CO[C@@H]1O[C@H](CO)[C@H](O)C(O)C1O)OC(=O)CCC/C=C/C/C=C/CCCCCCCCCCC. The van der Waals surface area contributed by atoms with E-state index in [4.69, 9.17) is 18.9 Å². The Morgan fingerprint density at radius 1 is 0.544 bits per heavy atom. The van der Waals surface area contributed by atoms with Crippen molar-refractivity contribution < 1.29 is 49.0 Å². The first-order valence-corrected chi connectivity index (χ1v) is 23.1. The Hall–Kier alpha value is -2.08. The molecule has 332 valence electrons. The predicted octanol–water partition coefficient (Wildman–Crippen LogP) is 9.89. The van der Waals surface area contributed by atoms with Crippen LogP contribution < -0.4 is 0 Å². The molecule has 4 N–H and O–H groups in total. The number of carbonyl (C=O) groups is 2. The molecule has 1 fully saturated rings. The summed E-state index contributed by atoms with van der Waals surface area (Å²) in [5, 5.41) is 40.1. The highest BCUT2D eigenvalue weighted by molar-refractivity contribution is 5.70. The number of ether oxygens (including phenoxy) is 4. The van der Waals surface area contributed by atoms with E-state index < -0.39 is 55.4 Å². The van der Waals surface area contributed by atoms with Crippen molar-refractivity contribution in [1.29, 1.82) is 0 Å². The summed E-state index contributed by atoms with van der Waals surface area (Å²) in [6.07, 6.45) is 35.8. The van der Waals surface area contributed by atoms with E-state index in [1.54, 1.807) is 0 Å². The van der Waals surface area contributed by atoms with Gasteiger partial charge in [0.1, 0.15) is 31.0 Å². The Kier molecular flexibility index (Phi) is 35.4. The van der Waals surface area contributed by atoms with Gasteiger partial charge in [0.2, 0.25) is 0 Å². The quantitative estimate of drug-likeness (QED) is 0.0270. The highest BCUT2D eigenvalue weighted by atomic mass is 16.7. The fraction of sp³-hybridized carbons (Fsp3) is 0.830. The van der Waals surface area contributed by atoms with Crippen LogP contribution in [0.3, 0.4) is 0 Å². The van der Waals surface area contributed by atoms with Gasteiger partial charge in [-0.2, -0.15) is 0 Å². The largest absolute Gasteiger partial charge is 0.462 e. The minimum absolute atomic E-state index is 0.166. The number of hydrogen-bond donors (Lipinski definition) is 4. The number of aliphatic hydroxyl groups excluding tert-OH is 4. The molecule has 0 aromatic carbocycles. The van der Waals surface area contributed by atoms with Crippen LogP contribution in [0.2, 0.25) is 0 Å². The predicted molar refractivity (Wildman–Crippen MR) is 229 cm³/mol. The maximum atomic E-state index is 12.8. The maximum Gasteiger partial charge on any atom is 0.306 e. The first kappa shape index (κ1) is 52.9. The van der Waals surface area contributed by atoms with E-state index in [1.807, 2.05) is 0 Å². The van der Waals surface area contributed by atoms with E-state index in [0.717, 1.165) is 44.9 Å². The molecule has 6 atom stereocenters. The summed E-state index contributed by atoms with van der Waals surface area (Å²) >= 11 is 0. The van der Waals surface area contributed by atoms with E-state index in [1.165, 1.54) is 109 Å². The molecule has 0 saturated carbocycles. The van der Waals surface area contributed by atoms with Crippen LogP contribution in [0.5, 0.6) is 0 Å². The third-order valence-corrected chi connectivity index (χ3v) is 10.5. The zero-order chi connectivity index (χ0) is 41.6. The molecule has 1 heterocycles. The molecule has 1 aliphatic rings. The van der Waals surface area contributed by atoms with E-state index in [-0.39, 0.29) is 26.1 Å². The normalized spacial score (nSPS) is 20.6. The molecular weight excluding hydrogens is 725 g/mol. The highest BCUT2D eigenvalue weighted by Gasteiger charge is 2.44. The molecule has 10 heteroatoms. The average molecular weight is 809 g/mol. The van der Waals surface area contributed by atoms with Gasteiger partial charge in [0.25, 0.3) is 0 Å². The number of aliphatic hydroxyl groups is 4. The lowest BCUT2D eigenvalue weighted by atomic mass is 9.99. The molecule has 0 bridgehead atoms. The third kappa shape index (κ3) is 29.7. The van der Waals surface area contributed by atoms with Crippen LogP contribution in [0.1, 0.15) is 194 Å². The summed E-state index contributed by atoms with van der Waals surface area (Å²) < 4.78 is 22.1. The summed E-state index contributed by atoms with van der Waals surface area (Å²) in [5.41, 5.74) is 0. The molecule has 0 radical (unpaired) electrons. The topological polar surface area (TPSA) is 152 Å². The van der Waals surface area contributed by atoms with Crippen molar-refractivity contribution in [2.75, 3.05) is 19.8 Å². The molecule has 1 rings (SSSR count). The monoisotopic (exact) mass is 809 g/mol. The van der Waals surface area contributed by atoms with Crippen molar-refractivity contribution in [1.82, 2.24) is 0 Å². The number of unbranched alkanes of at least 4 members (excludes halogenated alkanes) is 21. The van der Waals surface area contributed by atoms with Gasteiger partial charge in [-0.15, -0.1) is 0 Å². The smallest absolute Gasteiger partial charge is 0.306 e. The minimum atomic E-state index is -1.60. The molecule has 1 aliphatic heterocycles. The lowest BCUT2D eigenvalue weighted by Gasteiger charge is -2.39. The molecular formula is C47H84O10. The maximum absolute atomic E-state index is 12.8. The second-order valence-corrected chi connectivity index (χ2v) is 15.8. The Balaban J connectivity index is 2.35. The summed E-state index contributed by atoms with van der Waals surface area (Å²) in [4.78, 5) is 25.3. The van der Waals surface area contributed by atoms with Gasteiger partial charge in [0.15, 0.2) is 12.4 Å². The van der Waals surface area contributed by atoms with Crippen LogP contribution in [-0.2, 0) is 28.5 Å². The second-order valence-electron chi connectivity index (χ2n) is 15.8. The van der Waals surface area contributed by atoms with Crippen LogP contribution in [0.15, 0.2) is 36.5 Å². The molecule has 0 aliphatic carbocycles. The fourth-order valence-corrected chi connectivity index (χ4v) is 6.81. The Bertz CT molecular complexity index is 1030. The van der Waals surface area contributed by atoms with Crippen LogP contribution >= 0.6 is 0 Å². The molecule has 2 unspecified atom stereocenters. The standard InChI is InChI=1S/C47H84O10/c1-3-5-7-9-11-13-15-17-19-20-22-24-26-28-30-32-34-36-43(50)56-40(39-55-47-46(53)45(52)44(51)41(37-48)57-47)38-54-42(49)35-33-31-29-27-25-23-21-18-16-14-12-10-8-6-4-2/h14,16,22,24,28,30,40-41,44-48,51-53H,3-13,15,17-21,23,25-27,29,31-39H2,1-2H3/b16-14+,24-22+,30-28+/t40-,41-,44+,45?,46?,47-/m1/s1. The number of rotatable bonds is 38. The van der Waals surface area contributed by atoms with Gasteiger partial charge in [-0.25, -0.2) is 0 Å². The van der Waals surface area contributed by atoms with Gasteiger partial charge in [0.05, 0.1) is 13.2 Å². The summed E-state index contributed by atoms with van der Waals surface area (Å²) in [6.45, 7) is 3.37. The molecule has 0 aromatic rings. The van der Waals surface area contributed by atoms with Crippen molar-refractivity contribution in [3.63, 3.8) is 0 Å². The lowest BCUT2D eigenvalue weighted by Crippen LogP contribution is -2.59. The van der Waals surface area contributed by atoms with E-state index in [0.29, 0.717) is 12.8 Å². The third-order valence-electron chi connectivity index (χ3n) is 10.5. The van der Waals surface area contributed by atoms with Gasteiger partial charge < -0.3 is 39.4 Å². The Labute approximate surface area is 346 Å². The van der Waals surface area contributed by atoms with E-state index in [9.17, 15) is 30.0 Å². The van der Waals surface area contributed by atoms with Crippen LogP contribution in [-0.4, -0.2) is 89.0 Å². The zero-order valence-electron chi connectivity index (χ0n) is 36.1. The van der Waals surface area contributed by atoms with E-state index in [2.05, 4.69) is 50.3 Å². The second kappa shape index (κ2) is 38.1. The molecule has 0 amide bonds. The summed E-state index contributed by atoms with van der Waals surface area (Å²) in [6, 6.07) is 0. The number of allylic oxidation sites excluding steroid dienone is 6. The lowest BCUT2D eigenvalue weighted by molar-refractivity contribution is -0.305. The van der Waals surface area contributed by atoms with Gasteiger partial charge >= 0.3 is 11.9 Å². The minimum Gasteiger partial charge on any atom is -0.462 e. The van der Waals surface area contributed by atoms with Gasteiger partial charge in [0, 0.05) is 12.8 Å². The summed E-state index contributed by atoms with van der Waals surface area (Å²) in [7, 11) is 0. The Morgan fingerprint density at radius 2 is 1.00 bits per heavy atom. The fourth-order valence-electron chi connectivity index (χ4n) is 6.81. The van der Waals surface area contributed by atoms with Crippen LogP contribution in [0.25, 0.3) is 0 Å². The van der Waals surface area contributed by atoms with Crippen molar-refractivity contribution in [3.8, 4) is 0 Å². The van der Waals surface area contributed by atoms with Crippen molar-refractivity contribution in [2.45, 2.75) is 230 Å². The number of esters is 2.